The van der Waals surface area contributed by atoms with Crippen molar-refractivity contribution in [1.82, 2.24) is 4.90 Å². The zero-order valence-electron chi connectivity index (χ0n) is 10.8. The van der Waals surface area contributed by atoms with Crippen molar-refractivity contribution < 1.29 is 14.6 Å². The lowest BCUT2D eigenvalue weighted by Gasteiger charge is -2.16. The number of likely N-dealkylation sites (tertiary alicyclic amines) is 1. The predicted molar refractivity (Wildman–Crippen MR) is 76.1 cm³/mol. The van der Waals surface area contributed by atoms with Crippen LogP contribution in [0.3, 0.4) is 0 Å². The number of rotatable bonds is 5. The van der Waals surface area contributed by atoms with E-state index in [0.717, 1.165) is 30.8 Å². The molecule has 0 aliphatic carbocycles. The number of benzene rings is 1. The summed E-state index contributed by atoms with van der Waals surface area (Å²) in [7, 11) is 0. The Hall–Kier alpha value is -1.20. The van der Waals surface area contributed by atoms with Crippen molar-refractivity contribution in [1.29, 1.82) is 0 Å². The first-order valence-corrected chi connectivity index (χ1v) is 7.52. The molecule has 1 N–H and O–H groups in total. The molecule has 1 unspecified atom stereocenters. The number of ether oxygens (including phenoxy) is 1. The van der Waals surface area contributed by atoms with Crippen molar-refractivity contribution in [2.45, 2.75) is 18.3 Å². The first-order valence-electron chi connectivity index (χ1n) is 6.47. The quantitative estimate of drug-likeness (QED) is 0.898. The summed E-state index contributed by atoms with van der Waals surface area (Å²) in [6.07, 6.45) is 0.737. The highest BCUT2D eigenvalue weighted by atomic mass is 32.2. The molecular formula is C14H19NO3S. The Morgan fingerprint density at radius 3 is 2.95 bits per heavy atom. The van der Waals surface area contributed by atoms with E-state index in [-0.39, 0.29) is 12.7 Å². The van der Waals surface area contributed by atoms with Crippen LogP contribution in [0.5, 0.6) is 0 Å². The number of carbonyl (C=O) groups is 1. The largest absolute Gasteiger partial charge is 0.445 e. The molecule has 0 radical (unpaired) electrons. The Labute approximate surface area is 117 Å². The maximum Gasteiger partial charge on any atom is 0.410 e. The van der Waals surface area contributed by atoms with Crippen molar-refractivity contribution in [3.63, 3.8) is 0 Å². The highest BCUT2D eigenvalue weighted by Crippen LogP contribution is 2.22. The summed E-state index contributed by atoms with van der Waals surface area (Å²) in [5.41, 5.74) is 1.00. The normalized spacial score (nSPS) is 18.6. The fraction of sp³-hybridized carbons (Fsp3) is 0.500. The Kier molecular flexibility index (Phi) is 5.54. The van der Waals surface area contributed by atoms with Crippen LogP contribution in [0.4, 0.5) is 4.79 Å². The summed E-state index contributed by atoms with van der Waals surface area (Å²) in [6.45, 7) is 1.99. The molecule has 1 aromatic rings. The van der Waals surface area contributed by atoms with Gasteiger partial charge < -0.3 is 14.7 Å². The van der Waals surface area contributed by atoms with Gasteiger partial charge in [0.2, 0.25) is 0 Å². The number of aliphatic hydroxyl groups excluding tert-OH is 1. The molecule has 1 amide bonds. The molecule has 1 atom stereocenters. The number of hydrogen-bond acceptors (Lipinski definition) is 4. The standard InChI is InChI=1S/C14H19NO3S/c16-8-9-19-13-6-7-15(10-13)14(17)18-11-12-4-2-1-3-5-12/h1-5,13,16H,6-11H2. The van der Waals surface area contributed by atoms with Gasteiger partial charge in [0.25, 0.3) is 0 Å². The van der Waals surface area contributed by atoms with Gasteiger partial charge in [-0.15, -0.1) is 0 Å². The van der Waals surface area contributed by atoms with Crippen LogP contribution in [0.1, 0.15) is 12.0 Å². The Balaban J connectivity index is 1.72. The summed E-state index contributed by atoms with van der Waals surface area (Å²) in [6, 6.07) is 9.68. The van der Waals surface area contributed by atoms with E-state index in [9.17, 15) is 4.79 Å². The molecule has 1 aliphatic heterocycles. The number of amides is 1. The first-order chi connectivity index (χ1) is 9.29. The molecule has 0 aromatic heterocycles. The molecule has 0 spiro atoms. The SMILES string of the molecule is O=C(OCc1ccccc1)N1CCC(SCCO)C1. The molecule has 104 valence electrons. The van der Waals surface area contributed by atoms with E-state index in [1.54, 1.807) is 16.7 Å². The zero-order valence-corrected chi connectivity index (χ0v) is 11.6. The van der Waals surface area contributed by atoms with Crippen LogP contribution in [0.2, 0.25) is 0 Å². The van der Waals surface area contributed by atoms with Gasteiger partial charge in [0.15, 0.2) is 0 Å². The second kappa shape index (κ2) is 7.40. The van der Waals surface area contributed by atoms with E-state index in [0.29, 0.717) is 11.9 Å². The van der Waals surface area contributed by atoms with E-state index in [1.807, 2.05) is 30.3 Å². The van der Waals surface area contributed by atoms with Gasteiger partial charge in [-0.2, -0.15) is 11.8 Å². The van der Waals surface area contributed by atoms with Crippen molar-refractivity contribution in [2.75, 3.05) is 25.4 Å². The van der Waals surface area contributed by atoms with Crippen LogP contribution in [-0.4, -0.2) is 46.8 Å². The van der Waals surface area contributed by atoms with Gasteiger partial charge in [-0.3, -0.25) is 0 Å². The van der Waals surface area contributed by atoms with Crippen molar-refractivity contribution >= 4 is 17.9 Å². The minimum atomic E-state index is -0.240. The van der Waals surface area contributed by atoms with Gasteiger partial charge in [-0.05, 0) is 12.0 Å². The Morgan fingerprint density at radius 2 is 2.21 bits per heavy atom. The first kappa shape index (κ1) is 14.2. The van der Waals surface area contributed by atoms with E-state index < -0.39 is 0 Å². The molecule has 19 heavy (non-hydrogen) atoms. The molecule has 1 aliphatic rings. The van der Waals surface area contributed by atoms with E-state index in [2.05, 4.69) is 0 Å². The number of carbonyl (C=O) groups excluding carboxylic acids is 1. The minimum Gasteiger partial charge on any atom is -0.445 e. The summed E-state index contributed by atoms with van der Waals surface area (Å²) < 4.78 is 5.29. The lowest BCUT2D eigenvalue weighted by Crippen LogP contribution is -2.29. The molecule has 1 saturated heterocycles. The van der Waals surface area contributed by atoms with Crippen LogP contribution in [0.15, 0.2) is 30.3 Å². The Morgan fingerprint density at radius 1 is 1.42 bits per heavy atom. The third kappa shape index (κ3) is 4.44. The summed E-state index contributed by atoms with van der Waals surface area (Å²) >= 11 is 1.72. The lowest BCUT2D eigenvalue weighted by molar-refractivity contribution is 0.104. The number of nitrogens with zero attached hydrogens (tertiary/aromatic N) is 1. The molecule has 1 fully saturated rings. The van der Waals surface area contributed by atoms with Crippen molar-refractivity contribution in [3.05, 3.63) is 35.9 Å². The van der Waals surface area contributed by atoms with E-state index in [1.165, 1.54) is 0 Å². The van der Waals surface area contributed by atoms with Crippen LogP contribution in [0.25, 0.3) is 0 Å². The second-order valence-electron chi connectivity index (χ2n) is 4.49. The summed E-state index contributed by atoms with van der Waals surface area (Å²) in [4.78, 5) is 13.6. The second-order valence-corrected chi connectivity index (χ2v) is 5.90. The highest BCUT2D eigenvalue weighted by Gasteiger charge is 2.27. The fourth-order valence-corrected chi connectivity index (χ4v) is 3.06. The third-order valence-corrected chi connectivity index (χ3v) is 4.33. The van der Waals surface area contributed by atoms with E-state index >= 15 is 0 Å². The predicted octanol–water partition coefficient (Wildman–Crippen LogP) is 2.12. The van der Waals surface area contributed by atoms with Gasteiger partial charge in [-0.25, -0.2) is 4.79 Å². The average Bonchev–Trinajstić information content (AvgIpc) is 2.92. The maximum absolute atomic E-state index is 11.9. The molecule has 0 saturated carbocycles. The number of aliphatic hydroxyl groups is 1. The van der Waals surface area contributed by atoms with Crippen molar-refractivity contribution in [2.24, 2.45) is 0 Å². The zero-order chi connectivity index (χ0) is 13.5. The average molecular weight is 281 g/mol. The number of thioether (sulfide) groups is 1. The van der Waals surface area contributed by atoms with E-state index in [4.69, 9.17) is 9.84 Å². The van der Waals surface area contributed by atoms with Gasteiger partial charge >= 0.3 is 6.09 Å². The van der Waals surface area contributed by atoms with Crippen LogP contribution < -0.4 is 0 Å². The van der Waals surface area contributed by atoms with Gasteiger partial charge in [0, 0.05) is 24.1 Å². The molecule has 1 aromatic carbocycles. The number of hydrogen-bond donors (Lipinski definition) is 1. The molecule has 5 heteroatoms. The molecule has 2 rings (SSSR count). The van der Waals surface area contributed by atoms with Gasteiger partial charge in [-0.1, -0.05) is 30.3 Å². The molecule has 4 nitrogen and oxygen atoms in total. The smallest absolute Gasteiger partial charge is 0.410 e. The van der Waals surface area contributed by atoms with Crippen LogP contribution >= 0.6 is 11.8 Å². The molecule has 0 bridgehead atoms. The van der Waals surface area contributed by atoms with Gasteiger partial charge in [0.1, 0.15) is 6.61 Å². The van der Waals surface area contributed by atoms with Crippen LogP contribution in [-0.2, 0) is 11.3 Å². The summed E-state index contributed by atoms with van der Waals surface area (Å²) in [5.74, 6) is 0.734. The monoisotopic (exact) mass is 281 g/mol. The molecular weight excluding hydrogens is 262 g/mol. The Bertz CT molecular complexity index is 399. The van der Waals surface area contributed by atoms with Crippen molar-refractivity contribution in [3.8, 4) is 0 Å². The lowest BCUT2D eigenvalue weighted by atomic mass is 10.2. The summed E-state index contributed by atoms with van der Waals surface area (Å²) in [5, 5.41) is 9.21. The third-order valence-electron chi connectivity index (χ3n) is 3.05. The topological polar surface area (TPSA) is 49.8 Å². The fourth-order valence-electron chi connectivity index (χ4n) is 2.06. The maximum atomic E-state index is 11.9. The minimum absolute atomic E-state index is 0.194. The molecule has 1 heterocycles. The van der Waals surface area contributed by atoms with Gasteiger partial charge in [0.05, 0.1) is 6.61 Å². The van der Waals surface area contributed by atoms with Crippen LogP contribution in [0, 0.1) is 0 Å². The highest BCUT2D eigenvalue weighted by molar-refractivity contribution is 7.99.